The fraction of sp³-hybridized carbons (Fsp3) is 0.667. The Hall–Kier alpha value is -0.530. The number of carbonyl (C=O) groups excluding carboxylic acids is 1. The Morgan fingerprint density at radius 2 is 2.17 bits per heavy atom. The van der Waals surface area contributed by atoms with Gasteiger partial charge < -0.3 is 22.9 Å². The van der Waals surface area contributed by atoms with E-state index in [2.05, 4.69) is 10.6 Å². The summed E-state index contributed by atoms with van der Waals surface area (Å²) in [6.45, 7) is 5.13. The summed E-state index contributed by atoms with van der Waals surface area (Å²) in [6.07, 6.45) is 0. The van der Waals surface area contributed by atoms with Crippen molar-refractivity contribution in [2.45, 2.75) is 20.8 Å². The molecule has 0 atom stereocenters. The van der Waals surface area contributed by atoms with Crippen LogP contribution >= 0.6 is 0 Å². The molecule has 12 heavy (non-hydrogen) atoms. The third kappa shape index (κ3) is 4.37. The van der Waals surface area contributed by atoms with Gasteiger partial charge in [0.25, 0.3) is 0 Å². The first-order valence-electron chi connectivity index (χ1n) is 3.46. The van der Waals surface area contributed by atoms with E-state index >= 15 is 0 Å². The Morgan fingerprint density at radius 3 is 2.50 bits per heavy atom. The van der Waals surface area contributed by atoms with Crippen LogP contribution in [0, 0.1) is 11.3 Å². The number of rotatable bonds is 2. The first kappa shape index (κ1) is 11.5. The predicted octanol–water partition coefficient (Wildman–Crippen LogP) is -2.40. The molecule has 0 aliphatic carbocycles. The summed E-state index contributed by atoms with van der Waals surface area (Å²) in [6, 6.07) is 0. The van der Waals surface area contributed by atoms with E-state index in [1.165, 1.54) is 2.91 Å². The smallest absolute Gasteiger partial charge is 0.307 e. The molecular weight excluding hydrogens is 271 g/mol. The normalized spacial score (nSPS) is 11.6. The van der Waals surface area contributed by atoms with E-state index in [4.69, 9.17) is 5.41 Å². The molecule has 6 heteroatoms. The standard InChI is InChI=1S/C6H12IN4O/c1-4(2)6(12)11(7)10-9-5(3)8/h4H,1-3H3,(H2,8,9)/b11-10+. The maximum Gasteiger partial charge on any atom is 0.307 e. The Bertz CT molecular complexity index is 224. The van der Waals surface area contributed by atoms with Gasteiger partial charge in [0, 0.05) is 6.92 Å². The third-order valence-corrected chi connectivity index (χ3v) is 1.67. The van der Waals surface area contributed by atoms with Gasteiger partial charge in [0.05, 0.1) is 11.1 Å². The van der Waals surface area contributed by atoms with E-state index in [0.29, 0.717) is 0 Å². The maximum absolute atomic E-state index is 11.2. The zero-order valence-electron chi connectivity index (χ0n) is 7.26. The van der Waals surface area contributed by atoms with Crippen molar-refractivity contribution in [1.29, 1.82) is 5.41 Å². The van der Waals surface area contributed by atoms with Crippen LogP contribution in [0.5, 0.6) is 0 Å². The minimum absolute atomic E-state index is 0.0847. The number of carbonyl (C=O) groups is 1. The van der Waals surface area contributed by atoms with Crippen LogP contribution in [0.25, 0.3) is 0 Å². The van der Waals surface area contributed by atoms with Gasteiger partial charge in [-0.25, -0.2) is 7.71 Å². The molecule has 1 amide bonds. The van der Waals surface area contributed by atoms with Gasteiger partial charge in [0.2, 0.25) is 5.84 Å². The molecule has 0 rings (SSSR count). The predicted molar refractivity (Wildman–Crippen MR) is 39.1 cm³/mol. The lowest BCUT2D eigenvalue weighted by atomic mass is 10.2. The van der Waals surface area contributed by atoms with E-state index in [1.807, 2.05) is 0 Å². The van der Waals surface area contributed by atoms with Crippen LogP contribution in [0.3, 0.4) is 0 Å². The van der Waals surface area contributed by atoms with Gasteiger partial charge in [-0.05, 0) is 0 Å². The first-order valence-corrected chi connectivity index (χ1v) is 4.43. The Morgan fingerprint density at radius 1 is 1.67 bits per heavy atom. The second kappa shape index (κ2) is 5.18. The second-order valence-corrected chi connectivity index (χ2v) is 3.50. The second-order valence-electron chi connectivity index (χ2n) is 2.59. The minimum atomic E-state index is -0.0932. The van der Waals surface area contributed by atoms with E-state index in [1.54, 1.807) is 43.6 Å². The summed E-state index contributed by atoms with van der Waals surface area (Å²) in [5.74, 6) is 0.0241. The molecule has 0 saturated carbocycles. The van der Waals surface area contributed by atoms with Gasteiger partial charge in [-0.3, -0.25) is 5.41 Å². The van der Waals surface area contributed by atoms with Gasteiger partial charge in [-0.1, -0.05) is 13.8 Å². The minimum Gasteiger partial charge on any atom is -0.472 e. The monoisotopic (exact) mass is 283 g/mol. The first-order chi connectivity index (χ1) is 5.45. The van der Waals surface area contributed by atoms with Crippen LogP contribution in [0.15, 0.2) is 5.22 Å². The molecule has 0 bridgehead atoms. The maximum atomic E-state index is 11.2. The lowest BCUT2D eigenvalue weighted by Crippen LogP contribution is -3.39. The molecule has 0 aromatic heterocycles. The quantitative estimate of drug-likeness (QED) is 0.148. The van der Waals surface area contributed by atoms with Crippen molar-refractivity contribution in [3.63, 3.8) is 0 Å². The fourth-order valence-corrected chi connectivity index (χ4v) is 1.05. The summed E-state index contributed by atoms with van der Waals surface area (Å²) in [4.78, 5) is 11.2. The van der Waals surface area contributed by atoms with Crippen LogP contribution in [-0.2, 0) is 4.79 Å². The summed E-state index contributed by atoms with van der Waals surface area (Å²) in [7, 11) is 0. The molecule has 0 saturated heterocycles. The molecule has 2 N–H and O–H groups in total. The Kier molecular flexibility index (Phi) is 4.95. The van der Waals surface area contributed by atoms with Gasteiger partial charge in [-0.2, -0.15) is 0 Å². The number of amides is 1. The fourth-order valence-electron chi connectivity index (χ4n) is 0.381. The SMILES string of the molecule is CC(=N)N/N=[N+](/[I-])C(=O)C(C)C. The van der Waals surface area contributed by atoms with Crippen molar-refractivity contribution in [2.75, 3.05) is 0 Å². The van der Waals surface area contributed by atoms with Gasteiger partial charge in [0.15, 0.2) is 0 Å². The lowest BCUT2D eigenvalue weighted by molar-refractivity contribution is -1.05. The zero-order chi connectivity index (χ0) is 9.72. The van der Waals surface area contributed by atoms with Crippen LogP contribution in [0.4, 0.5) is 0 Å². The summed E-state index contributed by atoms with van der Waals surface area (Å²) >= 11 is 1.77. The van der Waals surface area contributed by atoms with Crippen molar-refractivity contribution in [1.82, 2.24) is 5.43 Å². The molecular formula is C6H12IN4O. The van der Waals surface area contributed by atoms with E-state index in [9.17, 15) is 4.79 Å². The molecule has 0 aliphatic rings. The molecule has 0 aliphatic heterocycles. The van der Waals surface area contributed by atoms with Crippen molar-refractivity contribution in [3.8, 4) is 0 Å². The number of halogens is 1. The summed E-state index contributed by atoms with van der Waals surface area (Å²) in [5, 5.41) is 10.6. The third-order valence-electron chi connectivity index (χ3n) is 0.981. The van der Waals surface area contributed by atoms with Crippen molar-refractivity contribution in [3.05, 3.63) is 0 Å². The van der Waals surface area contributed by atoms with Crippen molar-refractivity contribution < 1.29 is 30.6 Å². The average Bonchev–Trinajstić information content (AvgIpc) is 1.98. The summed E-state index contributed by atoms with van der Waals surface area (Å²) < 4.78 is 1.17. The topological polar surface area (TPSA) is 68.3 Å². The number of nitrogens with one attached hydrogen (secondary N) is 2. The van der Waals surface area contributed by atoms with Gasteiger partial charge in [0.1, 0.15) is 0 Å². The average molecular weight is 283 g/mol. The van der Waals surface area contributed by atoms with Crippen LogP contribution in [-0.4, -0.2) is 14.7 Å². The van der Waals surface area contributed by atoms with Crippen LogP contribution in [0.1, 0.15) is 20.8 Å². The molecule has 0 aromatic rings. The van der Waals surface area contributed by atoms with E-state index in [0.717, 1.165) is 0 Å². The molecule has 0 unspecified atom stereocenters. The molecule has 0 aromatic carbocycles. The van der Waals surface area contributed by atoms with Crippen LogP contribution in [0.2, 0.25) is 0 Å². The highest BCUT2D eigenvalue weighted by Crippen LogP contribution is 1.90. The van der Waals surface area contributed by atoms with Crippen molar-refractivity contribution in [2.24, 2.45) is 11.1 Å². The largest absolute Gasteiger partial charge is 0.472 e. The van der Waals surface area contributed by atoms with Crippen molar-refractivity contribution >= 4 is 11.7 Å². The summed E-state index contributed by atoms with van der Waals surface area (Å²) in [5.41, 5.74) is 2.39. The Balaban J connectivity index is 4.18. The molecule has 69 valence electrons. The zero-order valence-corrected chi connectivity index (χ0v) is 9.42. The highest BCUT2D eigenvalue weighted by atomic mass is 127. The number of amidine groups is 1. The number of hydrogen-bond acceptors (Lipinski definition) is 3. The molecule has 0 spiro atoms. The van der Waals surface area contributed by atoms with E-state index < -0.39 is 0 Å². The lowest BCUT2D eigenvalue weighted by Gasteiger charge is -2.07. The van der Waals surface area contributed by atoms with Gasteiger partial charge >= 0.3 is 5.91 Å². The molecule has 1 radical (unpaired) electrons. The molecule has 0 heterocycles. The highest BCUT2D eigenvalue weighted by Gasteiger charge is 2.09. The number of nitrogens with zero attached hydrogens (tertiary/aromatic N) is 2. The van der Waals surface area contributed by atoms with Gasteiger partial charge in [-0.15, -0.1) is 5.43 Å². The van der Waals surface area contributed by atoms with Crippen LogP contribution < -0.4 is 28.3 Å². The molecule has 5 nitrogen and oxygen atoms in total. The Labute approximate surface area is 85.2 Å². The number of hydrogen-bond donors (Lipinski definition) is 2. The molecule has 0 fully saturated rings. The highest BCUT2D eigenvalue weighted by molar-refractivity contribution is 5.75. The van der Waals surface area contributed by atoms with E-state index in [-0.39, 0.29) is 17.7 Å².